The van der Waals surface area contributed by atoms with Crippen LogP contribution in [0.3, 0.4) is 0 Å². The van der Waals surface area contributed by atoms with E-state index in [0.717, 1.165) is 37.9 Å². The third-order valence-corrected chi connectivity index (χ3v) is 4.52. The Labute approximate surface area is 117 Å². The van der Waals surface area contributed by atoms with Gasteiger partial charge < -0.3 is 16.0 Å². The molecule has 2 fully saturated rings. The number of amides is 1. The van der Waals surface area contributed by atoms with Crippen molar-refractivity contribution in [3.05, 3.63) is 0 Å². The summed E-state index contributed by atoms with van der Waals surface area (Å²) < 4.78 is 0. The van der Waals surface area contributed by atoms with E-state index in [2.05, 4.69) is 24.1 Å². The third-order valence-electron chi connectivity index (χ3n) is 4.52. The molecule has 1 amide bonds. The molecule has 1 aliphatic carbocycles. The summed E-state index contributed by atoms with van der Waals surface area (Å²) in [6.45, 7) is 9.88. The van der Waals surface area contributed by atoms with Crippen LogP contribution in [0.15, 0.2) is 0 Å². The van der Waals surface area contributed by atoms with Crippen molar-refractivity contribution in [2.24, 2.45) is 17.6 Å². The average molecular weight is 267 g/mol. The molecule has 0 radical (unpaired) electrons. The Morgan fingerprint density at radius 2 is 1.89 bits per heavy atom. The number of rotatable bonds is 6. The minimum atomic E-state index is -0.537. The highest BCUT2D eigenvalue weighted by molar-refractivity contribution is 5.84. The zero-order valence-corrected chi connectivity index (χ0v) is 12.6. The maximum absolute atomic E-state index is 11.7. The van der Waals surface area contributed by atoms with Crippen molar-refractivity contribution in [3.8, 4) is 0 Å². The summed E-state index contributed by atoms with van der Waals surface area (Å²) >= 11 is 0. The zero-order valence-electron chi connectivity index (χ0n) is 12.6. The quantitative estimate of drug-likeness (QED) is 0.764. The number of likely N-dealkylation sites (tertiary alicyclic amines) is 1. The normalized spacial score (nSPS) is 31.9. The van der Waals surface area contributed by atoms with E-state index in [0.29, 0.717) is 6.04 Å². The van der Waals surface area contributed by atoms with Gasteiger partial charge in [-0.3, -0.25) is 4.79 Å². The summed E-state index contributed by atoms with van der Waals surface area (Å²) in [5.41, 5.74) is 5.06. The summed E-state index contributed by atoms with van der Waals surface area (Å²) in [7, 11) is 0. The van der Waals surface area contributed by atoms with Crippen LogP contribution in [0, 0.1) is 11.8 Å². The molecule has 3 atom stereocenters. The van der Waals surface area contributed by atoms with Gasteiger partial charge in [0.25, 0.3) is 0 Å². The van der Waals surface area contributed by atoms with E-state index < -0.39 is 5.54 Å². The lowest BCUT2D eigenvalue weighted by molar-refractivity contribution is -0.124. The molecule has 19 heavy (non-hydrogen) atoms. The Kier molecular flexibility index (Phi) is 4.51. The van der Waals surface area contributed by atoms with Crippen molar-refractivity contribution < 1.29 is 4.79 Å². The topological polar surface area (TPSA) is 58.4 Å². The lowest BCUT2D eigenvalue weighted by Crippen LogP contribution is -2.56. The molecule has 1 saturated heterocycles. The number of nitrogens with zero attached hydrogens (tertiary/aromatic N) is 1. The van der Waals surface area contributed by atoms with E-state index in [1.165, 1.54) is 19.3 Å². The molecular weight excluding hydrogens is 238 g/mol. The molecule has 0 aromatic carbocycles. The first kappa shape index (κ1) is 14.8. The fourth-order valence-electron chi connectivity index (χ4n) is 3.30. The van der Waals surface area contributed by atoms with Gasteiger partial charge in [-0.25, -0.2) is 0 Å². The van der Waals surface area contributed by atoms with Crippen LogP contribution < -0.4 is 11.1 Å². The fourth-order valence-corrected chi connectivity index (χ4v) is 3.30. The van der Waals surface area contributed by atoms with Gasteiger partial charge in [0.2, 0.25) is 5.91 Å². The first-order valence-electron chi connectivity index (χ1n) is 7.69. The first-order chi connectivity index (χ1) is 8.89. The summed E-state index contributed by atoms with van der Waals surface area (Å²) in [6.07, 6.45) is 4.50. The smallest absolute Gasteiger partial charge is 0.237 e. The van der Waals surface area contributed by atoms with Crippen LogP contribution in [-0.2, 0) is 4.79 Å². The Hall–Kier alpha value is -0.610. The number of primary amides is 1. The minimum absolute atomic E-state index is 0.211. The molecule has 110 valence electrons. The summed E-state index contributed by atoms with van der Waals surface area (Å²) in [6, 6.07) is 0.511. The van der Waals surface area contributed by atoms with Crippen LogP contribution in [0.1, 0.15) is 46.5 Å². The summed E-state index contributed by atoms with van der Waals surface area (Å²) in [4.78, 5) is 14.2. The average Bonchev–Trinajstić information content (AvgIpc) is 3.09. The molecule has 3 unspecified atom stereocenters. The van der Waals surface area contributed by atoms with Gasteiger partial charge in [0.1, 0.15) is 0 Å². The van der Waals surface area contributed by atoms with Gasteiger partial charge >= 0.3 is 0 Å². The Bertz CT molecular complexity index is 319. The molecule has 4 nitrogen and oxygen atoms in total. The number of hydrogen-bond acceptors (Lipinski definition) is 3. The van der Waals surface area contributed by atoms with Crippen molar-refractivity contribution in [2.75, 3.05) is 19.6 Å². The zero-order chi connectivity index (χ0) is 14.0. The SMILES string of the molecule is CC1CC(C)CN(CCC(C)(NC2CC2)C(N)=O)C1. The predicted molar refractivity (Wildman–Crippen MR) is 77.8 cm³/mol. The third kappa shape index (κ3) is 4.18. The molecule has 3 N–H and O–H groups in total. The van der Waals surface area contributed by atoms with E-state index in [-0.39, 0.29) is 5.91 Å². The van der Waals surface area contributed by atoms with Crippen LogP contribution >= 0.6 is 0 Å². The van der Waals surface area contributed by atoms with Crippen molar-refractivity contribution in [1.82, 2.24) is 10.2 Å². The van der Waals surface area contributed by atoms with Crippen molar-refractivity contribution >= 4 is 5.91 Å². The molecule has 0 aromatic heterocycles. The molecule has 4 heteroatoms. The monoisotopic (exact) mass is 267 g/mol. The van der Waals surface area contributed by atoms with E-state index in [4.69, 9.17) is 5.73 Å². The number of hydrogen-bond donors (Lipinski definition) is 2. The van der Waals surface area contributed by atoms with Gasteiger partial charge in [-0.15, -0.1) is 0 Å². The van der Waals surface area contributed by atoms with Gasteiger partial charge in [0.15, 0.2) is 0 Å². The standard InChI is InChI=1S/C15H29N3O/c1-11-8-12(2)10-18(9-11)7-6-15(3,14(16)19)17-13-4-5-13/h11-13,17H,4-10H2,1-3H3,(H2,16,19). The van der Waals surface area contributed by atoms with Crippen LogP contribution in [0.5, 0.6) is 0 Å². The molecule has 2 rings (SSSR count). The van der Waals surface area contributed by atoms with Crippen LogP contribution in [0.2, 0.25) is 0 Å². The van der Waals surface area contributed by atoms with Crippen molar-refractivity contribution in [3.63, 3.8) is 0 Å². The Balaban J connectivity index is 1.85. The minimum Gasteiger partial charge on any atom is -0.368 e. The predicted octanol–water partition coefficient (Wildman–Crippen LogP) is 1.35. The van der Waals surface area contributed by atoms with Crippen molar-refractivity contribution in [1.29, 1.82) is 0 Å². The molecule has 1 aliphatic heterocycles. The first-order valence-corrected chi connectivity index (χ1v) is 7.69. The summed E-state index contributed by atoms with van der Waals surface area (Å²) in [5.74, 6) is 1.32. The number of carbonyl (C=O) groups is 1. The van der Waals surface area contributed by atoms with Crippen LogP contribution in [-0.4, -0.2) is 42.0 Å². The molecule has 0 aromatic rings. The Morgan fingerprint density at radius 1 is 1.32 bits per heavy atom. The van der Waals surface area contributed by atoms with Crippen molar-refractivity contribution in [2.45, 2.75) is 58.0 Å². The number of nitrogens with one attached hydrogen (secondary N) is 1. The molecule has 1 heterocycles. The molecular formula is C15H29N3O. The van der Waals surface area contributed by atoms with Gasteiger partial charge in [0.05, 0.1) is 5.54 Å². The second-order valence-electron chi connectivity index (χ2n) is 7.07. The van der Waals surface area contributed by atoms with Gasteiger partial charge in [-0.1, -0.05) is 13.8 Å². The lowest BCUT2D eigenvalue weighted by Gasteiger charge is -2.37. The maximum Gasteiger partial charge on any atom is 0.237 e. The largest absolute Gasteiger partial charge is 0.368 e. The Morgan fingerprint density at radius 3 is 2.37 bits per heavy atom. The molecule has 0 spiro atoms. The van der Waals surface area contributed by atoms with Gasteiger partial charge in [-0.2, -0.15) is 0 Å². The summed E-state index contributed by atoms with van der Waals surface area (Å²) in [5, 5.41) is 3.43. The highest BCUT2D eigenvalue weighted by Crippen LogP contribution is 2.25. The molecule has 0 bridgehead atoms. The van der Waals surface area contributed by atoms with E-state index in [9.17, 15) is 4.79 Å². The van der Waals surface area contributed by atoms with E-state index in [1.807, 2.05) is 6.92 Å². The van der Waals surface area contributed by atoms with Gasteiger partial charge in [-0.05, 0) is 44.4 Å². The number of carbonyl (C=O) groups excluding carboxylic acids is 1. The fraction of sp³-hybridized carbons (Fsp3) is 0.933. The highest BCUT2D eigenvalue weighted by atomic mass is 16.1. The van der Waals surface area contributed by atoms with E-state index >= 15 is 0 Å². The van der Waals surface area contributed by atoms with Gasteiger partial charge in [0, 0.05) is 25.7 Å². The second kappa shape index (κ2) is 5.80. The number of piperidine rings is 1. The maximum atomic E-state index is 11.7. The molecule has 2 aliphatic rings. The lowest BCUT2D eigenvalue weighted by atomic mass is 9.90. The van der Waals surface area contributed by atoms with E-state index in [1.54, 1.807) is 0 Å². The molecule has 1 saturated carbocycles. The second-order valence-corrected chi connectivity index (χ2v) is 7.07. The van der Waals surface area contributed by atoms with Crippen LogP contribution in [0.4, 0.5) is 0 Å². The highest BCUT2D eigenvalue weighted by Gasteiger charge is 2.37. The number of nitrogens with two attached hydrogens (primary N) is 1. The van der Waals surface area contributed by atoms with Crippen LogP contribution in [0.25, 0.3) is 0 Å².